The molecule has 0 unspecified atom stereocenters. The Labute approximate surface area is 178 Å². The number of rotatable bonds is 6. The summed E-state index contributed by atoms with van der Waals surface area (Å²) >= 11 is 0. The molecule has 3 rings (SSSR count). The van der Waals surface area contributed by atoms with Gasteiger partial charge in [0.15, 0.2) is 5.96 Å². The molecule has 1 fully saturated rings. The van der Waals surface area contributed by atoms with Crippen LogP contribution in [0.3, 0.4) is 0 Å². The van der Waals surface area contributed by atoms with Crippen LogP contribution in [0.1, 0.15) is 12.8 Å². The standard InChI is InChI=1S/C21H27N3O2.HI/c1-22-21(23-14-17-25-18-8-4-2-5-9-18)24-15-12-20(13-16-24)26-19-10-6-3-7-11-19;/h2-11,20H,12-17H2,1H3,(H,22,23);1H. The molecule has 27 heavy (non-hydrogen) atoms. The van der Waals surface area contributed by atoms with Crippen LogP contribution in [0.2, 0.25) is 0 Å². The highest BCUT2D eigenvalue weighted by Crippen LogP contribution is 2.18. The summed E-state index contributed by atoms with van der Waals surface area (Å²) in [7, 11) is 1.83. The first-order chi connectivity index (χ1) is 12.8. The van der Waals surface area contributed by atoms with Gasteiger partial charge in [0.25, 0.3) is 0 Å². The highest BCUT2D eigenvalue weighted by atomic mass is 127. The van der Waals surface area contributed by atoms with E-state index < -0.39 is 0 Å². The number of hydrogen-bond donors (Lipinski definition) is 1. The second-order valence-corrected chi connectivity index (χ2v) is 6.25. The molecule has 0 aromatic heterocycles. The molecule has 0 amide bonds. The molecule has 1 aliphatic heterocycles. The van der Waals surface area contributed by atoms with E-state index in [1.807, 2.05) is 67.7 Å². The van der Waals surface area contributed by atoms with Gasteiger partial charge >= 0.3 is 0 Å². The zero-order valence-electron chi connectivity index (χ0n) is 15.7. The molecular weight excluding hydrogens is 453 g/mol. The number of guanidine groups is 1. The molecule has 2 aromatic rings. The fraction of sp³-hybridized carbons (Fsp3) is 0.381. The van der Waals surface area contributed by atoms with E-state index in [0.29, 0.717) is 6.61 Å². The van der Waals surface area contributed by atoms with E-state index in [2.05, 4.69) is 15.2 Å². The van der Waals surface area contributed by atoms with Crippen molar-refractivity contribution in [2.75, 3.05) is 33.3 Å². The molecule has 146 valence electrons. The van der Waals surface area contributed by atoms with Crippen molar-refractivity contribution in [3.63, 3.8) is 0 Å². The molecular formula is C21H28IN3O2. The van der Waals surface area contributed by atoms with Crippen LogP contribution >= 0.6 is 24.0 Å². The molecule has 0 spiro atoms. The summed E-state index contributed by atoms with van der Waals surface area (Å²) in [6, 6.07) is 19.9. The Morgan fingerprint density at radius 3 is 2.19 bits per heavy atom. The van der Waals surface area contributed by atoms with E-state index in [0.717, 1.165) is 49.9 Å². The summed E-state index contributed by atoms with van der Waals surface area (Å²) in [5.74, 6) is 2.77. The Balaban J connectivity index is 0.00000261. The number of benzene rings is 2. The summed E-state index contributed by atoms with van der Waals surface area (Å²) in [6.07, 6.45) is 2.26. The van der Waals surface area contributed by atoms with Crippen molar-refractivity contribution in [2.24, 2.45) is 4.99 Å². The SMILES string of the molecule is CN=C(NCCOc1ccccc1)N1CCC(Oc2ccccc2)CC1.I. The van der Waals surface area contributed by atoms with Gasteiger partial charge in [-0.25, -0.2) is 0 Å². The average Bonchev–Trinajstić information content (AvgIpc) is 2.70. The third-order valence-corrected chi connectivity index (χ3v) is 4.40. The van der Waals surface area contributed by atoms with Gasteiger partial charge in [0, 0.05) is 33.0 Å². The lowest BCUT2D eigenvalue weighted by atomic mass is 10.1. The molecule has 0 atom stereocenters. The Morgan fingerprint density at radius 2 is 1.59 bits per heavy atom. The molecule has 6 heteroatoms. The lowest BCUT2D eigenvalue weighted by Gasteiger charge is -2.34. The van der Waals surface area contributed by atoms with Crippen LogP contribution in [0, 0.1) is 0 Å². The number of para-hydroxylation sites is 2. The first kappa shape index (κ1) is 21.3. The second kappa shape index (κ2) is 11.7. The number of nitrogens with one attached hydrogen (secondary N) is 1. The molecule has 0 saturated carbocycles. The van der Waals surface area contributed by atoms with E-state index >= 15 is 0 Å². The summed E-state index contributed by atoms with van der Waals surface area (Å²) < 4.78 is 11.8. The predicted molar refractivity (Wildman–Crippen MR) is 120 cm³/mol. The minimum Gasteiger partial charge on any atom is -0.492 e. The Hall–Kier alpha value is -1.96. The van der Waals surface area contributed by atoms with Gasteiger partial charge in [0.05, 0.1) is 6.54 Å². The van der Waals surface area contributed by atoms with Gasteiger partial charge in [0.1, 0.15) is 24.2 Å². The van der Waals surface area contributed by atoms with E-state index in [9.17, 15) is 0 Å². The number of aliphatic imine (C=N–C) groups is 1. The molecule has 1 heterocycles. The van der Waals surface area contributed by atoms with Crippen LogP contribution in [-0.4, -0.2) is 50.3 Å². The van der Waals surface area contributed by atoms with Crippen molar-refractivity contribution < 1.29 is 9.47 Å². The maximum Gasteiger partial charge on any atom is 0.193 e. The van der Waals surface area contributed by atoms with Gasteiger partial charge in [-0.2, -0.15) is 0 Å². The Bertz CT molecular complexity index is 674. The van der Waals surface area contributed by atoms with Crippen LogP contribution in [0.15, 0.2) is 65.7 Å². The number of likely N-dealkylation sites (tertiary alicyclic amines) is 1. The maximum absolute atomic E-state index is 6.06. The number of halogens is 1. The number of nitrogens with zero attached hydrogens (tertiary/aromatic N) is 2. The van der Waals surface area contributed by atoms with Crippen molar-refractivity contribution in [3.8, 4) is 11.5 Å². The van der Waals surface area contributed by atoms with Crippen molar-refractivity contribution >= 4 is 29.9 Å². The predicted octanol–water partition coefficient (Wildman–Crippen LogP) is 3.80. The monoisotopic (exact) mass is 481 g/mol. The lowest BCUT2D eigenvalue weighted by molar-refractivity contribution is 0.129. The molecule has 1 N–H and O–H groups in total. The van der Waals surface area contributed by atoms with E-state index in [4.69, 9.17) is 9.47 Å². The molecule has 1 aliphatic rings. The molecule has 5 nitrogen and oxygen atoms in total. The van der Waals surface area contributed by atoms with E-state index in [-0.39, 0.29) is 30.1 Å². The maximum atomic E-state index is 6.06. The largest absolute Gasteiger partial charge is 0.492 e. The number of ether oxygens (including phenoxy) is 2. The smallest absolute Gasteiger partial charge is 0.193 e. The van der Waals surface area contributed by atoms with Crippen LogP contribution in [-0.2, 0) is 0 Å². The molecule has 0 aliphatic carbocycles. The minimum atomic E-state index is 0. The highest BCUT2D eigenvalue weighted by molar-refractivity contribution is 14.0. The molecule has 1 saturated heterocycles. The van der Waals surface area contributed by atoms with Crippen molar-refractivity contribution in [3.05, 3.63) is 60.7 Å². The highest BCUT2D eigenvalue weighted by Gasteiger charge is 2.22. The second-order valence-electron chi connectivity index (χ2n) is 6.25. The first-order valence-electron chi connectivity index (χ1n) is 9.20. The van der Waals surface area contributed by atoms with E-state index in [1.165, 1.54) is 0 Å². The van der Waals surface area contributed by atoms with Crippen molar-refractivity contribution in [2.45, 2.75) is 18.9 Å². The van der Waals surface area contributed by atoms with Gasteiger partial charge in [-0.3, -0.25) is 4.99 Å². The van der Waals surface area contributed by atoms with Gasteiger partial charge in [-0.05, 0) is 24.3 Å². The summed E-state index contributed by atoms with van der Waals surface area (Å²) in [5, 5.41) is 3.38. The zero-order chi connectivity index (χ0) is 18.0. The summed E-state index contributed by atoms with van der Waals surface area (Å²) in [5.41, 5.74) is 0. The Morgan fingerprint density at radius 1 is 1.00 bits per heavy atom. The quantitative estimate of drug-likeness (QED) is 0.295. The summed E-state index contributed by atoms with van der Waals surface area (Å²) in [6.45, 7) is 3.21. The number of hydrogen-bond acceptors (Lipinski definition) is 3. The molecule has 0 radical (unpaired) electrons. The zero-order valence-corrected chi connectivity index (χ0v) is 18.0. The fourth-order valence-electron chi connectivity index (χ4n) is 3.06. The fourth-order valence-corrected chi connectivity index (χ4v) is 3.06. The molecule has 2 aromatic carbocycles. The number of piperidine rings is 1. The van der Waals surface area contributed by atoms with Gasteiger partial charge in [0.2, 0.25) is 0 Å². The average molecular weight is 481 g/mol. The Kier molecular flexibility index (Phi) is 9.24. The normalized spacial score (nSPS) is 15.0. The topological polar surface area (TPSA) is 46.1 Å². The molecule has 0 bridgehead atoms. The van der Waals surface area contributed by atoms with Gasteiger partial charge < -0.3 is 19.7 Å². The van der Waals surface area contributed by atoms with Crippen molar-refractivity contribution in [1.29, 1.82) is 0 Å². The third kappa shape index (κ3) is 6.93. The summed E-state index contributed by atoms with van der Waals surface area (Å²) in [4.78, 5) is 6.69. The van der Waals surface area contributed by atoms with Crippen LogP contribution < -0.4 is 14.8 Å². The van der Waals surface area contributed by atoms with Crippen LogP contribution in [0.4, 0.5) is 0 Å². The van der Waals surface area contributed by atoms with Gasteiger partial charge in [-0.15, -0.1) is 24.0 Å². The van der Waals surface area contributed by atoms with Gasteiger partial charge in [-0.1, -0.05) is 36.4 Å². The van der Waals surface area contributed by atoms with Crippen LogP contribution in [0.5, 0.6) is 11.5 Å². The third-order valence-electron chi connectivity index (χ3n) is 4.40. The minimum absolute atomic E-state index is 0. The van der Waals surface area contributed by atoms with E-state index in [1.54, 1.807) is 0 Å². The lowest BCUT2D eigenvalue weighted by Crippen LogP contribution is -2.48. The first-order valence-corrected chi connectivity index (χ1v) is 9.20. The van der Waals surface area contributed by atoms with Crippen LogP contribution in [0.25, 0.3) is 0 Å². The van der Waals surface area contributed by atoms with Crippen molar-refractivity contribution in [1.82, 2.24) is 10.2 Å².